The second-order valence-corrected chi connectivity index (χ2v) is 14.8. The van der Waals surface area contributed by atoms with E-state index in [0.29, 0.717) is 24.4 Å². The Kier molecular flexibility index (Phi) is 27.3. The molecule has 7 heteroatoms. The zero-order valence-corrected chi connectivity index (χ0v) is 30.7. The predicted molar refractivity (Wildman–Crippen MR) is 193 cm³/mol. The number of hydrogen-bond acceptors (Lipinski definition) is 7. The van der Waals surface area contributed by atoms with Crippen molar-refractivity contribution in [1.29, 1.82) is 0 Å². The van der Waals surface area contributed by atoms with Gasteiger partial charge in [0.05, 0.1) is 11.1 Å². The molecule has 0 aromatic carbocycles. The summed E-state index contributed by atoms with van der Waals surface area (Å²) in [4.78, 5) is 25.6. The molecule has 0 spiro atoms. The summed E-state index contributed by atoms with van der Waals surface area (Å²) in [5.74, 6) is 3.19. The first-order valence-corrected chi connectivity index (χ1v) is 20.5. The smallest absolute Gasteiger partial charge is 0.336 e. The number of nitrogens with one attached hydrogen (secondary N) is 1. The fourth-order valence-corrected chi connectivity index (χ4v) is 7.10. The van der Waals surface area contributed by atoms with E-state index in [-0.39, 0.29) is 18.4 Å². The first-order valence-electron chi connectivity index (χ1n) is 18.2. The van der Waals surface area contributed by atoms with Gasteiger partial charge in [0, 0.05) is 29.3 Å². The van der Waals surface area contributed by atoms with Crippen LogP contribution >= 0.6 is 23.5 Å². The standard InChI is InChI=1S/C37H67NO4S2/c1-5-7-9-11-13-15-17-19-21-23-27-43-29-25-41-36(39)34-31-35(33(4)38-32(34)3)37(40)42-26-30-44-28-24-22-20-18-16-14-12-10-8-6-2/h38H,5-31H2,1-4H3. The molecule has 0 saturated carbocycles. The van der Waals surface area contributed by atoms with Gasteiger partial charge in [-0.25, -0.2) is 9.59 Å². The molecule has 0 aromatic heterocycles. The molecule has 0 unspecified atom stereocenters. The molecule has 0 aliphatic carbocycles. The van der Waals surface area contributed by atoms with Crippen LogP contribution in [0.2, 0.25) is 0 Å². The number of thioether (sulfide) groups is 2. The summed E-state index contributed by atoms with van der Waals surface area (Å²) in [5.41, 5.74) is 2.57. The van der Waals surface area contributed by atoms with E-state index in [0.717, 1.165) is 34.4 Å². The second kappa shape index (κ2) is 29.3. The molecule has 0 aromatic rings. The number of hydrogen-bond donors (Lipinski definition) is 1. The summed E-state index contributed by atoms with van der Waals surface area (Å²) in [6.45, 7) is 9.07. The van der Waals surface area contributed by atoms with Gasteiger partial charge in [-0.15, -0.1) is 0 Å². The van der Waals surface area contributed by atoms with E-state index in [4.69, 9.17) is 9.47 Å². The van der Waals surface area contributed by atoms with Gasteiger partial charge in [0.25, 0.3) is 0 Å². The molecule has 1 aliphatic heterocycles. The van der Waals surface area contributed by atoms with Crippen LogP contribution in [0.15, 0.2) is 22.5 Å². The third kappa shape index (κ3) is 21.6. The lowest BCUT2D eigenvalue weighted by Gasteiger charge is -2.22. The van der Waals surface area contributed by atoms with Gasteiger partial charge in [-0.2, -0.15) is 23.5 Å². The lowest BCUT2D eigenvalue weighted by Crippen LogP contribution is -2.27. The second-order valence-electron chi connectivity index (χ2n) is 12.4. The van der Waals surface area contributed by atoms with E-state index in [1.54, 1.807) is 0 Å². The minimum Gasteiger partial charge on any atom is -0.461 e. The molecule has 5 nitrogen and oxygen atoms in total. The minimum atomic E-state index is -0.334. The highest BCUT2D eigenvalue weighted by Gasteiger charge is 2.27. The first-order chi connectivity index (χ1) is 21.5. The van der Waals surface area contributed by atoms with Crippen LogP contribution in [-0.4, -0.2) is 48.2 Å². The highest BCUT2D eigenvalue weighted by Crippen LogP contribution is 2.25. The average Bonchev–Trinajstić information content (AvgIpc) is 3.01. The number of ether oxygens (including phenoxy) is 2. The molecule has 1 rings (SSSR count). The zero-order chi connectivity index (χ0) is 32.1. The molecular formula is C37H67NO4S2. The number of dihydropyridines is 1. The Hall–Kier alpha value is -1.08. The van der Waals surface area contributed by atoms with E-state index in [1.807, 2.05) is 37.4 Å². The lowest BCUT2D eigenvalue weighted by atomic mass is 9.98. The van der Waals surface area contributed by atoms with Crippen LogP contribution in [-0.2, 0) is 19.1 Å². The van der Waals surface area contributed by atoms with Gasteiger partial charge in [0.2, 0.25) is 0 Å². The van der Waals surface area contributed by atoms with Crippen LogP contribution < -0.4 is 5.32 Å². The number of esters is 2. The van der Waals surface area contributed by atoms with Gasteiger partial charge in [-0.3, -0.25) is 0 Å². The van der Waals surface area contributed by atoms with Crippen LogP contribution in [0, 0.1) is 0 Å². The molecular weight excluding hydrogens is 587 g/mol. The van der Waals surface area contributed by atoms with Crippen LogP contribution in [0.5, 0.6) is 0 Å². The zero-order valence-electron chi connectivity index (χ0n) is 29.0. The molecule has 1 aliphatic rings. The summed E-state index contributed by atoms with van der Waals surface area (Å²) >= 11 is 3.71. The third-order valence-corrected chi connectivity index (χ3v) is 10.4. The van der Waals surface area contributed by atoms with Crippen LogP contribution in [0.4, 0.5) is 0 Å². The van der Waals surface area contributed by atoms with Crippen molar-refractivity contribution in [3.05, 3.63) is 22.5 Å². The highest BCUT2D eigenvalue weighted by atomic mass is 32.2. The Morgan fingerprint density at radius 3 is 1.18 bits per heavy atom. The van der Waals surface area contributed by atoms with Crippen molar-refractivity contribution in [2.75, 3.05) is 36.2 Å². The maximum Gasteiger partial charge on any atom is 0.336 e. The van der Waals surface area contributed by atoms with Crippen LogP contribution in [0.1, 0.15) is 163 Å². The number of rotatable bonds is 30. The van der Waals surface area contributed by atoms with E-state index < -0.39 is 0 Å². The topological polar surface area (TPSA) is 64.6 Å². The summed E-state index contributed by atoms with van der Waals surface area (Å²) < 4.78 is 11.1. The molecule has 0 amide bonds. The molecule has 0 fully saturated rings. The van der Waals surface area contributed by atoms with Crippen LogP contribution in [0.25, 0.3) is 0 Å². The van der Waals surface area contributed by atoms with E-state index in [9.17, 15) is 9.59 Å². The molecule has 256 valence electrons. The van der Waals surface area contributed by atoms with Gasteiger partial charge in [-0.1, -0.05) is 129 Å². The maximum absolute atomic E-state index is 12.8. The van der Waals surface area contributed by atoms with E-state index in [1.165, 1.54) is 128 Å². The highest BCUT2D eigenvalue weighted by molar-refractivity contribution is 7.99. The molecule has 0 radical (unpaired) electrons. The van der Waals surface area contributed by atoms with E-state index in [2.05, 4.69) is 19.2 Å². The van der Waals surface area contributed by atoms with Crippen molar-refractivity contribution in [2.24, 2.45) is 0 Å². The summed E-state index contributed by atoms with van der Waals surface area (Å²) in [6.07, 6.45) is 27.2. The average molecular weight is 654 g/mol. The summed E-state index contributed by atoms with van der Waals surface area (Å²) in [7, 11) is 0. The molecule has 0 saturated heterocycles. The number of allylic oxidation sites excluding steroid dienone is 2. The Labute approximate surface area is 280 Å². The van der Waals surface area contributed by atoms with Crippen molar-refractivity contribution in [3.63, 3.8) is 0 Å². The lowest BCUT2D eigenvalue weighted by molar-refractivity contribution is -0.139. The van der Waals surface area contributed by atoms with Gasteiger partial charge in [-0.05, 0) is 38.2 Å². The minimum absolute atomic E-state index is 0.264. The number of carbonyl (C=O) groups excluding carboxylic acids is 2. The Morgan fingerprint density at radius 1 is 0.523 bits per heavy atom. The molecule has 0 bridgehead atoms. The van der Waals surface area contributed by atoms with Gasteiger partial charge < -0.3 is 14.8 Å². The van der Waals surface area contributed by atoms with Crippen molar-refractivity contribution in [1.82, 2.24) is 5.32 Å². The van der Waals surface area contributed by atoms with Crippen LogP contribution in [0.3, 0.4) is 0 Å². The van der Waals surface area contributed by atoms with Gasteiger partial charge in [0.15, 0.2) is 0 Å². The summed E-state index contributed by atoms with van der Waals surface area (Å²) in [5, 5.41) is 3.19. The maximum atomic E-state index is 12.8. The SMILES string of the molecule is CCCCCCCCCCCCSCCOC(=O)C1=C(C)NC(C)=C(C(=O)OCCSCCCCCCCCCCCC)C1. The fourth-order valence-electron chi connectivity index (χ4n) is 5.47. The third-order valence-electron chi connectivity index (χ3n) is 8.33. The Bertz CT molecular complexity index is 747. The van der Waals surface area contributed by atoms with Crippen molar-refractivity contribution >= 4 is 35.5 Å². The Balaban J connectivity index is 2.09. The Morgan fingerprint density at radius 2 is 0.841 bits per heavy atom. The number of carbonyl (C=O) groups is 2. The van der Waals surface area contributed by atoms with E-state index >= 15 is 0 Å². The first kappa shape index (κ1) is 40.9. The van der Waals surface area contributed by atoms with Gasteiger partial charge >= 0.3 is 11.9 Å². The molecule has 0 atom stereocenters. The monoisotopic (exact) mass is 653 g/mol. The molecule has 1 N–H and O–H groups in total. The molecule has 44 heavy (non-hydrogen) atoms. The fraction of sp³-hybridized carbons (Fsp3) is 0.838. The van der Waals surface area contributed by atoms with Crippen molar-refractivity contribution in [2.45, 2.75) is 163 Å². The normalized spacial score (nSPS) is 13.4. The van der Waals surface area contributed by atoms with Crippen molar-refractivity contribution < 1.29 is 19.1 Å². The molecule has 1 heterocycles. The van der Waals surface area contributed by atoms with Gasteiger partial charge in [0.1, 0.15) is 13.2 Å². The quantitative estimate of drug-likeness (QED) is 0.0611. The summed E-state index contributed by atoms with van der Waals surface area (Å²) in [6, 6.07) is 0. The van der Waals surface area contributed by atoms with Crippen molar-refractivity contribution in [3.8, 4) is 0 Å². The largest absolute Gasteiger partial charge is 0.461 e. The predicted octanol–water partition coefficient (Wildman–Crippen LogP) is 10.9. The number of unbranched alkanes of at least 4 members (excludes halogenated alkanes) is 18.